The molecule has 1 aromatic heterocycles. The normalized spacial score (nSPS) is 12.9. The van der Waals surface area contributed by atoms with Crippen molar-refractivity contribution >= 4 is 27.6 Å². The van der Waals surface area contributed by atoms with Gasteiger partial charge in [0.1, 0.15) is 12.1 Å². The van der Waals surface area contributed by atoms with Crippen LogP contribution in [0.25, 0.3) is 0 Å². The Balaban J connectivity index is 2.54. The minimum atomic E-state index is -3.48. The smallest absolute Gasteiger partial charge is 0.326 e. The highest BCUT2D eigenvalue weighted by Crippen LogP contribution is 2.09. The molecule has 2 amide bonds. The van der Waals surface area contributed by atoms with E-state index in [0.717, 1.165) is 45.2 Å². The van der Waals surface area contributed by atoms with Crippen molar-refractivity contribution in [3.63, 3.8) is 0 Å². The third-order valence-corrected chi connectivity index (χ3v) is 6.95. The number of aliphatic carboxylic acids is 1. The number of aromatic nitrogens is 2. The van der Waals surface area contributed by atoms with Gasteiger partial charge in [-0.3, -0.25) is 9.59 Å². The van der Waals surface area contributed by atoms with Crippen molar-refractivity contribution in [1.29, 1.82) is 0 Å². The van der Waals surface area contributed by atoms with Crippen molar-refractivity contribution in [2.45, 2.75) is 96.3 Å². The third-order valence-electron chi connectivity index (χ3n) is 6.08. The molecule has 1 aromatic rings. The van der Waals surface area contributed by atoms with Gasteiger partial charge in [0, 0.05) is 31.5 Å². The standard InChI is InChI=1S/C28H45N5O6S/c1-6-16-33(17-7-2)18-12-11-14-23(27(36)37)31-26(35)25(21(3)4)32-24(34)15-10-8-9-13-22-19-29-28(30-20-22)40(5,38)39/h19-21,23,25H,6-8,10-12,14-18H2,1-5H3,(H,31,35)(H,32,34)(H,36,37)/t23-,25-/m0/s1. The van der Waals surface area contributed by atoms with Crippen molar-refractivity contribution in [3.8, 4) is 11.8 Å². The van der Waals surface area contributed by atoms with Crippen molar-refractivity contribution in [2.75, 3.05) is 25.9 Å². The minimum absolute atomic E-state index is 0.142. The van der Waals surface area contributed by atoms with Crippen LogP contribution in [0.5, 0.6) is 0 Å². The molecule has 0 bridgehead atoms. The van der Waals surface area contributed by atoms with E-state index in [2.05, 4.69) is 51.2 Å². The quantitative estimate of drug-likeness (QED) is 0.135. The second-order valence-electron chi connectivity index (χ2n) is 10.2. The molecule has 0 aliphatic carbocycles. The Morgan fingerprint density at radius 3 is 2.15 bits per heavy atom. The minimum Gasteiger partial charge on any atom is -0.480 e. The average molecular weight is 580 g/mol. The third kappa shape index (κ3) is 13.8. The number of unbranched alkanes of at least 4 members (excludes halogenated alkanes) is 2. The maximum atomic E-state index is 12.9. The van der Waals surface area contributed by atoms with Crippen LogP contribution in [0.3, 0.4) is 0 Å². The van der Waals surface area contributed by atoms with Crippen LogP contribution in [0.4, 0.5) is 0 Å². The molecule has 0 saturated heterocycles. The lowest BCUT2D eigenvalue weighted by molar-refractivity contribution is -0.142. The molecule has 1 heterocycles. The van der Waals surface area contributed by atoms with E-state index in [1.54, 1.807) is 13.8 Å². The van der Waals surface area contributed by atoms with E-state index in [9.17, 15) is 27.9 Å². The van der Waals surface area contributed by atoms with Crippen molar-refractivity contribution < 1.29 is 27.9 Å². The fourth-order valence-corrected chi connectivity index (χ4v) is 4.51. The molecular formula is C28H45N5O6S. The summed E-state index contributed by atoms with van der Waals surface area (Å²) in [5.74, 6) is 3.56. The lowest BCUT2D eigenvalue weighted by Crippen LogP contribution is -2.53. The number of carboxylic acid groups (broad SMARTS) is 1. The topological polar surface area (TPSA) is 159 Å². The zero-order valence-electron chi connectivity index (χ0n) is 24.4. The van der Waals surface area contributed by atoms with E-state index in [4.69, 9.17) is 0 Å². The predicted octanol–water partition coefficient (Wildman–Crippen LogP) is 2.40. The molecular weight excluding hydrogens is 534 g/mol. The second-order valence-corrected chi connectivity index (χ2v) is 12.1. The van der Waals surface area contributed by atoms with Gasteiger partial charge < -0.3 is 20.6 Å². The number of rotatable bonds is 18. The van der Waals surface area contributed by atoms with Gasteiger partial charge in [-0.1, -0.05) is 39.5 Å². The summed E-state index contributed by atoms with van der Waals surface area (Å²) in [4.78, 5) is 47.1. The lowest BCUT2D eigenvalue weighted by atomic mass is 10.0. The Morgan fingerprint density at radius 1 is 1.00 bits per heavy atom. The van der Waals surface area contributed by atoms with E-state index >= 15 is 0 Å². The number of hydrogen-bond acceptors (Lipinski definition) is 8. The number of carbonyl (C=O) groups is 3. The molecule has 0 spiro atoms. The highest BCUT2D eigenvalue weighted by atomic mass is 32.2. The van der Waals surface area contributed by atoms with Crippen LogP contribution in [-0.2, 0) is 24.2 Å². The molecule has 0 fully saturated rings. The Hall–Kier alpha value is -3.04. The number of hydrogen-bond donors (Lipinski definition) is 3. The van der Waals surface area contributed by atoms with Gasteiger partial charge >= 0.3 is 5.97 Å². The molecule has 0 unspecified atom stereocenters. The molecule has 0 radical (unpaired) electrons. The monoisotopic (exact) mass is 579 g/mol. The summed E-state index contributed by atoms with van der Waals surface area (Å²) in [6.45, 7) is 10.8. The SMILES string of the molecule is CCCN(CCC)CCCC[C@H](NC(=O)[C@@H](NC(=O)CCCC#Cc1cnc(S(C)(=O)=O)nc1)C(C)C)C(=O)O. The van der Waals surface area contributed by atoms with Crippen LogP contribution < -0.4 is 10.6 Å². The molecule has 40 heavy (non-hydrogen) atoms. The number of carbonyl (C=O) groups excluding carboxylic acids is 2. The molecule has 2 atom stereocenters. The van der Waals surface area contributed by atoms with Gasteiger partial charge in [0.25, 0.3) is 0 Å². The molecule has 0 aliphatic heterocycles. The molecule has 3 N–H and O–H groups in total. The second kappa shape index (κ2) is 18.3. The highest BCUT2D eigenvalue weighted by Gasteiger charge is 2.28. The maximum Gasteiger partial charge on any atom is 0.326 e. The molecule has 0 saturated carbocycles. The first-order valence-electron chi connectivity index (χ1n) is 13.9. The molecule has 11 nitrogen and oxygen atoms in total. The molecule has 224 valence electrons. The Morgan fingerprint density at radius 2 is 1.62 bits per heavy atom. The van der Waals surface area contributed by atoms with Gasteiger partial charge in [-0.25, -0.2) is 23.2 Å². The summed E-state index contributed by atoms with van der Waals surface area (Å²) < 4.78 is 22.8. The maximum absolute atomic E-state index is 12.9. The van der Waals surface area contributed by atoms with E-state index in [0.29, 0.717) is 31.2 Å². The summed E-state index contributed by atoms with van der Waals surface area (Å²) in [6.07, 6.45) is 8.65. The first kappa shape index (κ1) is 35.0. The molecule has 0 aliphatic rings. The molecule has 0 aromatic carbocycles. The molecule has 1 rings (SSSR count). The van der Waals surface area contributed by atoms with Gasteiger partial charge in [0.05, 0.1) is 5.56 Å². The zero-order valence-corrected chi connectivity index (χ0v) is 25.2. The number of nitrogens with one attached hydrogen (secondary N) is 2. The Kier molecular flexibility index (Phi) is 16.0. The zero-order chi connectivity index (χ0) is 30.1. The predicted molar refractivity (Wildman–Crippen MR) is 153 cm³/mol. The highest BCUT2D eigenvalue weighted by molar-refractivity contribution is 7.90. The summed E-state index contributed by atoms with van der Waals surface area (Å²) in [7, 11) is -3.48. The number of sulfone groups is 1. The first-order chi connectivity index (χ1) is 18.9. The van der Waals surface area contributed by atoms with Crippen LogP contribution in [-0.4, -0.2) is 84.1 Å². The van der Waals surface area contributed by atoms with Gasteiger partial charge in [0.2, 0.25) is 26.8 Å². The number of nitrogens with zero attached hydrogens (tertiary/aromatic N) is 3. The van der Waals surface area contributed by atoms with Crippen LogP contribution in [0.2, 0.25) is 0 Å². The summed E-state index contributed by atoms with van der Waals surface area (Å²) in [6, 6.07) is -1.86. The number of carboxylic acids is 1. The Bertz CT molecular complexity index is 1110. The largest absolute Gasteiger partial charge is 0.480 e. The van der Waals surface area contributed by atoms with E-state index in [1.807, 2.05) is 0 Å². The van der Waals surface area contributed by atoms with Crippen LogP contribution in [0.1, 0.15) is 84.6 Å². The van der Waals surface area contributed by atoms with E-state index < -0.39 is 33.8 Å². The van der Waals surface area contributed by atoms with E-state index in [-0.39, 0.29) is 23.4 Å². The summed E-state index contributed by atoms with van der Waals surface area (Å²) >= 11 is 0. The number of amides is 2. The van der Waals surface area contributed by atoms with Gasteiger partial charge in [-0.2, -0.15) is 0 Å². The van der Waals surface area contributed by atoms with Gasteiger partial charge in [-0.15, -0.1) is 0 Å². The van der Waals surface area contributed by atoms with Crippen molar-refractivity contribution in [1.82, 2.24) is 25.5 Å². The van der Waals surface area contributed by atoms with E-state index in [1.165, 1.54) is 12.4 Å². The van der Waals surface area contributed by atoms with Crippen LogP contribution in [0, 0.1) is 17.8 Å². The lowest BCUT2D eigenvalue weighted by Gasteiger charge is -2.24. The van der Waals surface area contributed by atoms with Gasteiger partial charge in [-0.05, 0) is 64.1 Å². The van der Waals surface area contributed by atoms with Crippen molar-refractivity contribution in [3.05, 3.63) is 18.0 Å². The summed E-state index contributed by atoms with van der Waals surface area (Å²) in [5.41, 5.74) is 0.459. The Labute approximate surface area is 238 Å². The van der Waals surface area contributed by atoms with Crippen molar-refractivity contribution in [2.24, 2.45) is 5.92 Å². The first-order valence-corrected chi connectivity index (χ1v) is 15.8. The fourth-order valence-electron chi connectivity index (χ4n) is 4.03. The van der Waals surface area contributed by atoms with Crippen LogP contribution >= 0.6 is 0 Å². The molecule has 12 heteroatoms. The fraction of sp³-hybridized carbons (Fsp3) is 0.679. The van der Waals surface area contributed by atoms with Gasteiger partial charge in [0.15, 0.2) is 0 Å². The summed E-state index contributed by atoms with van der Waals surface area (Å²) in [5, 5.41) is 14.7. The average Bonchev–Trinajstić information content (AvgIpc) is 2.88. The van der Waals surface area contributed by atoms with Crippen LogP contribution in [0.15, 0.2) is 17.6 Å².